The lowest BCUT2D eigenvalue weighted by Crippen LogP contribution is -2.62. The highest BCUT2D eigenvalue weighted by molar-refractivity contribution is 5.56. The number of benzene rings is 2. The minimum Gasteiger partial charge on any atom is -0.393 e. The Balaban J connectivity index is 1.82. The molecular weight excluding hydrogens is 331 g/mol. The van der Waals surface area contributed by atoms with Gasteiger partial charge < -0.3 is 15.7 Å². The van der Waals surface area contributed by atoms with Crippen LogP contribution in [0.2, 0.25) is 0 Å². The van der Waals surface area contributed by atoms with Crippen molar-refractivity contribution in [2.24, 2.45) is 11.1 Å². The second-order valence-electron chi connectivity index (χ2n) is 7.55. The molecule has 1 amide bonds. The van der Waals surface area contributed by atoms with Crippen LogP contribution in [-0.4, -0.2) is 35.1 Å². The molecule has 4 nitrogen and oxygen atoms in total. The Morgan fingerprint density at radius 1 is 1.19 bits per heavy atom. The van der Waals surface area contributed by atoms with Crippen molar-refractivity contribution in [1.29, 1.82) is 0 Å². The molecule has 2 aromatic carbocycles. The summed E-state index contributed by atoms with van der Waals surface area (Å²) in [6.45, 7) is 0.428. The van der Waals surface area contributed by atoms with Crippen LogP contribution in [0.15, 0.2) is 48.5 Å². The van der Waals surface area contributed by atoms with Gasteiger partial charge in [0.15, 0.2) is 0 Å². The van der Waals surface area contributed by atoms with Gasteiger partial charge in [-0.1, -0.05) is 36.4 Å². The molecule has 3 N–H and O–H groups in total. The van der Waals surface area contributed by atoms with Crippen LogP contribution in [0.5, 0.6) is 0 Å². The lowest BCUT2D eigenvalue weighted by atomic mass is 9.59. The molecule has 2 atom stereocenters. The maximum Gasteiger partial charge on any atom is 0.210 e. The SMILES string of the molecule is NCC1([C@@H]2Cc3ccccc3[C@H](c3ccc(F)cc3)N2C=O)CC(O)C1. The summed E-state index contributed by atoms with van der Waals surface area (Å²) in [6, 6.07) is 14.0. The van der Waals surface area contributed by atoms with E-state index in [2.05, 4.69) is 6.07 Å². The number of aliphatic hydroxyl groups excluding tert-OH is 1. The van der Waals surface area contributed by atoms with E-state index in [-0.39, 0.29) is 29.4 Å². The van der Waals surface area contributed by atoms with E-state index in [4.69, 9.17) is 5.73 Å². The number of carbonyl (C=O) groups is 1. The minimum absolute atomic E-state index is 0.0849. The van der Waals surface area contributed by atoms with Crippen LogP contribution in [0.1, 0.15) is 35.6 Å². The summed E-state index contributed by atoms with van der Waals surface area (Å²) in [5.74, 6) is -0.299. The standard InChI is InChI=1S/C21H23FN2O2/c22-16-7-5-14(6-8-16)20-18-4-2-1-3-15(18)9-19(24(20)13-25)21(12-23)10-17(26)11-21/h1-8,13,17,19-20,26H,9-12,23H2/t17?,19-,20-,21?/m0/s1. The number of nitrogens with zero attached hydrogens (tertiary/aromatic N) is 1. The van der Waals surface area contributed by atoms with Gasteiger partial charge in [-0.25, -0.2) is 4.39 Å². The van der Waals surface area contributed by atoms with Crippen molar-refractivity contribution in [3.05, 3.63) is 71.0 Å². The first-order chi connectivity index (χ1) is 12.6. The number of aliphatic hydroxyl groups is 1. The maximum atomic E-state index is 13.4. The zero-order valence-corrected chi connectivity index (χ0v) is 14.5. The third-order valence-electron chi connectivity index (χ3n) is 6.13. The zero-order valence-electron chi connectivity index (χ0n) is 14.5. The van der Waals surface area contributed by atoms with Gasteiger partial charge in [0.2, 0.25) is 6.41 Å². The number of amides is 1. The molecule has 1 aliphatic heterocycles. The average Bonchev–Trinajstić information content (AvgIpc) is 2.64. The Bertz CT molecular complexity index is 802. The molecule has 1 heterocycles. The van der Waals surface area contributed by atoms with Crippen LogP contribution in [0, 0.1) is 11.2 Å². The fourth-order valence-electron chi connectivity index (χ4n) is 4.76. The minimum atomic E-state index is -0.353. The molecule has 0 bridgehead atoms. The molecule has 5 heteroatoms. The fourth-order valence-corrected chi connectivity index (χ4v) is 4.76. The van der Waals surface area contributed by atoms with Gasteiger partial charge in [-0.2, -0.15) is 0 Å². The summed E-state index contributed by atoms with van der Waals surface area (Å²) < 4.78 is 13.4. The van der Waals surface area contributed by atoms with E-state index in [9.17, 15) is 14.3 Å². The third kappa shape index (κ3) is 2.63. The van der Waals surface area contributed by atoms with Crippen LogP contribution in [-0.2, 0) is 11.2 Å². The molecule has 0 spiro atoms. The van der Waals surface area contributed by atoms with Crippen molar-refractivity contribution in [3.63, 3.8) is 0 Å². The first-order valence-electron chi connectivity index (χ1n) is 9.02. The smallest absolute Gasteiger partial charge is 0.210 e. The molecule has 2 aliphatic rings. The Labute approximate surface area is 152 Å². The van der Waals surface area contributed by atoms with Crippen LogP contribution < -0.4 is 5.73 Å². The summed E-state index contributed by atoms with van der Waals surface area (Å²) in [5.41, 5.74) is 8.95. The van der Waals surface area contributed by atoms with E-state index >= 15 is 0 Å². The fraction of sp³-hybridized carbons (Fsp3) is 0.381. The second kappa shape index (κ2) is 6.49. The number of nitrogens with two attached hydrogens (primary N) is 1. The van der Waals surface area contributed by atoms with Gasteiger partial charge in [0.25, 0.3) is 0 Å². The van der Waals surface area contributed by atoms with Gasteiger partial charge in [-0.15, -0.1) is 0 Å². The van der Waals surface area contributed by atoms with Crippen molar-refractivity contribution in [1.82, 2.24) is 4.90 Å². The number of carbonyl (C=O) groups excluding carboxylic acids is 1. The first kappa shape index (κ1) is 17.2. The molecule has 1 fully saturated rings. The number of hydrogen-bond acceptors (Lipinski definition) is 3. The van der Waals surface area contributed by atoms with Gasteiger partial charge >= 0.3 is 0 Å². The first-order valence-corrected chi connectivity index (χ1v) is 9.02. The van der Waals surface area contributed by atoms with Gasteiger partial charge in [0.1, 0.15) is 5.82 Å². The van der Waals surface area contributed by atoms with E-state index in [1.807, 2.05) is 23.1 Å². The van der Waals surface area contributed by atoms with Crippen molar-refractivity contribution in [2.75, 3.05) is 6.54 Å². The quantitative estimate of drug-likeness (QED) is 0.829. The monoisotopic (exact) mass is 354 g/mol. The maximum absolute atomic E-state index is 13.4. The van der Waals surface area contributed by atoms with Crippen LogP contribution >= 0.6 is 0 Å². The number of fused-ring (bicyclic) bond motifs is 1. The Morgan fingerprint density at radius 2 is 1.88 bits per heavy atom. The van der Waals surface area contributed by atoms with Gasteiger partial charge in [0.05, 0.1) is 12.1 Å². The van der Waals surface area contributed by atoms with Crippen molar-refractivity contribution < 1.29 is 14.3 Å². The topological polar surface area (TPSA) is 66.6 Å². The summed E-state index contributed by atoms with van der Waals surface area (Å²) in [6.07, 6.45) is 2.47. The molecule has 2 aromatic rings. The van der Waals surface area contributed by atoms with Crippen LogP contribution in [0.25, 0.3) is 0 Å². The summed E-state index contributed by atoms with van der Waals surface area (Å²) in [4.78, 5) is 14.0. The molecule has 0 unspecified atom stereocenters. The predicted octanol–water partition coefficient (Wildman–Crippen LogP) is 2.40. The molecule has 26 heavy (non-hydrogen) atoms. The van der Waals surface area contributed by atoms with Crippen LogP contribution in [0.3, 0.4) is 0 Å². The molecule has 1 aliphatic carbocycles. The van der Waals surface area contributed by atoms with Gasteiger partial charge in [0, 0.05) is 18.0 Å². The van der Waals surface area contributed by atoms with Crippen LogP contribution in [0.4, 0.5) is 4.39 Å². The van der Waals surface area contributed by atoms with Gasteiger partial charge in [-0.05, 0) is 48.1 Å². The number of halogens is 1. The van der Waals surface area contributed by atoms with Crippen molar-refractivity contribution in [2.45, 2.75) is 37.5 Å². The van der Waals surface area contributed by atoms with E-state index in [0.29, 0.717) is 19.4 Å². The summed E-state index contributed by atoms with van der Waals surface area (Å²) in [5, 5.41) is 9.91. The highest BCUT2D eigenvalue weighted by atomic mass is 19.1. The average molecular weight is 354 g/mol. The van der Waals surface area contributed by atoms with Crippen molar-refractivity contribution in [3.8, 4) is 0 Å². The van der Waals surface area contributed by atoms with E-state index < -0.39 is 0 Å². The number of hydrogen-bond donors (Lipinski definition) is 2. The Morgan fingerprint density at radius 3 is 2.50 bits per heavy atom. The lowest BCUT2D eigenvalue weighted by Gasteiger charge is -2.56. The lowest BCUT2D eigenvalue weighted by molar-refractivity contribution is -0.135. The molecule has 0 saturated heterocycles. The Hall–Kier alpha value is -2.24. The highest BCUT2D eigenvalue weighted by Gasteiger charge is 2.53. The Kier molecular flexibility index (Phi) is 4.29. The normalized spacial score (nSPS) is 30.4. The van der Waals surface area contributed by atoms with Crippen molar-refractivity contribution >= 4 is 6.41 Å². The van der Waals surface area contributed by atoms with E-state index in [1.54, 1.807) is 12.1 Å². The second-order valence-corrected chi connectivity index (χ2v) is 7.55. The largest absolute Gasteiger partial charge is 0.393 e. The zero-order chi connectivity index (χ0) is 18.3. The molecular formula is C21H23FN2O2. The molecule has 4 rings (SSSR count). The summed E-state index contributed by atoms with van der Waals surface area (Å²) in [7, 11) is 0. The van der Waals surface area contributed by atoms with Gasteiger partial charge in [-0.3, -0.25) is 4.79 Å². The predicted molar refractivity (Wildman–Crippen MR) is 96.8 cm³/mol. The molecule has 1 saturated carbocycles. The molecule has 136 valence electrons. The summed E-state index contributed by atoms with van der Waals surface area (Å²) >= 11 is 0. The van der Waals surface area contributed by atoms with E-state index in [1.165, 1.54) is 17.7 Å². The third-order valence-corrected chi connectivity index (χ3v) is 6.13. The van der Waals surface area contributed by atoms with E-state index in [0.717, 1.165) is 24.0 Å². The highest BCUT2D eigenvalue weighted by Crippen LogP contribution is 2.50. The number of rotatable bonds is 4. The molecule has 0 aromatic heterocycles. The molecule has 0 radical (unpaired) electrons.